The van der Waals surface area contributed by atoms with Gasteiger partial charge in [0.15, 0.2) is 5.92 Å². The van der Waals surface area contributed by atoms with Crippen LogP contribution in [0.3, 0.4) is 0 Å². The summed E-state index contributed by atoms with van der Waals surface area (Å²) in [5, 5.41) is 24.6. The van der Waals surface area contributed by atoms with Gasteiger partial charge in [-0.15, -0.1) is 0 Å². The molecular weight excluding hydrogens is 266 g/mol. The highest BCUT2D eigenvalue weighted by Crippen LogP contribution is 2.16. The zero-order valence-corrected chi connectivity index (χ0v) is 11.1. The first-order valence-corrected chi connectivity index (χ1v) is 5.86. The zero-order valence-electron chi connectivity index (χ0n) is 11.1. The third kappa shape index (κ3) is 3.75. The van der Waals surface area contributed by atoms with Gasteiger partial charge in [-0.25, -0.2) is 4.84 Å². The maximum Gasteiger partial charge on any atom is 0.381 e. The molecule has 0 amide bonds. The van der Waals surface area contributed by atoms with E-state index in [4.69, 9.17) is 9.94 Å². The van der Waals surface area contributed by atoms with Crippen molar-refractivity contribution in [3.8, 4) is 0 Å². The fourth-order valence-corrected chi connectivity index (χ4v) is 1.55. The van der Waals surface area contributed by atoms with Crippen LogP contribution in [0, 0.1) is 16.0 Å². The highest BCUT2D eigenvalue weighted by Gasteiger charge is 2.34. The summed E-state index contributed by atoms with van der Waals surface area (Å²) >= 11 is 0. The minimum Gasteiger partial charge on any atom is -0.481 e. The van der Waals surface area contributed by atoms with E-state index in [1.807, 2.05) is 0 Å². The Bertz CT molecular complexity index is 503. The second-order valence-electron chi connectivity index (χ2n) is 3.81. The normalized spacial score (nSPS) is 12.8. The van der Waals surface area contributed by atoms with Crippen molar-refractivity contribution in [1.29, 1.82) is 0 Å². The molecule has 0 heterocycles. The molecule has 1 unspecified atom stereocenters. The molecule has 0 saturated carbocycles. The van der Waals surface area contributed by atoms with Crippen LogP contribution >= 0.6 is 0 Å². The molecule has 8 nitrogen and oxygen atoms in total. The molecule has 1 rings (SSSR count). The van der Waals surface area contributed by atoms with Crippen molar-refractivity contribution in [3.05, 3.63) is 40.4 Å². The number of para-hydroxylation sites is 1. The number of amidine groups is 1. The molecule has 0 fully saturated rings. The Labute approximate surface area is 115 Å². The second-order valence-corrected chi connectivity index (χ2v) is 3.81. The summed E-state index contributed by atoms with van der Waals surface area (Å²) in [4.78, 5) is 26.2. The molecule has 0 aliphatic carbocycles. The molecule has 1 N–H and O–H groups in total. The zero-order chi connectivity index (χ0) is 15.1. The van der Waals surface area contributed by atoms with E-state index in [1.54, 1.807) is 30.3 Å². The first-order valence-electron chi connectivity index (χ1n) is 5.86. The monoisotopic (exact) mass is 281 g/mol. The van der Waals surface area contributed by atoms with Crippen molar-refractivity contribution in [1.82, 2.24) is 0 Å². The van der Waals surface area contributed by atoms with Crippen LogP contribution in [0.4, 0.5) is 5.69 Å². The van der Waals surface area contributed by atoms with E-state index in [9.17, 15) is 14.9 Å². The molecule has 0 radical (unpaired) electrons. The van der Waals surface area contributed by atoms with Crippen LogP contribution in [-0.4, -0.2) is 28.9 Å². The smallest absolute Gasteiger partial charge is 0.381 e. The lowest BCUT2D eigenvalue weighted by Gasteiger charge is -2.12. The van der Waals surface area contributed by atoms with Crippen LogP contribution in [0.15, 0.2) is 35.4 Å². The Morgan fingerprint density at radius 2 is 2.10 bits per heavy atom. The molecule has 1 atom stereocenters. The van der Waals surface area contributed by atoms with Gasteiger partial charge in [0.25, 0.3) is 0 Å². The van der Waals surface area contributed by atoms with Crippen molar-refractivity contribution < 1.29 is 19.7 Å². The van der Waals surface area contributed by atoms with E-state index >= 15 is 0 Å². The van der Waals surface area contributed by atoms with Gasteiger partial charge >= 0.3 is 11.8 Å². The Balaban J connectivity index is 3.17. The van der Waals surface area contributed by atoms with Gasteiger partial charge in [-0.1, -0.05) is 25.1 Å². The fourth-order valence-electron chi connectivity index (χ4n) is 1.55. The molecule has 0 saturated heterocycles. The Kier molecular flexibility index (Phi) is 5.60. The van der Waals surface area contributed by atoms with Crippen LogP contribution in [0.2, 0.25) is 0 Å². The average molecular weight is 281 g/mol. The van der Waals surface area contributed by atoms with Crippen LogP contribution < -0.4 is 5.17 Å². The van der Waals surface area contributed by atoms with Crippen LogP contribution in [0.1, 0.15) is 13.3 Å². The van der Waals surface area contributed by atoms with Crippen LogP contribution in [-0.2, 0) is 9.63 Å². The maximum atomic E-state index is 11.0. The van der Waals surface area contributed by atoms with Gasteiger partial charge in [0.1, 0.15) is 5.69 Å². The van der Waals surface area contributed by atoms with Gasteiger partial charge in [0.05, 0.1) is 12.2 Å². The predicted octanol–water partition coefficient (Wildman–Crippen LogP) is 1.76. The van der Waals surface area contributed by atoms with Gasteiger partial charge in [-0.05, 0) is 28.6 Å². The van der Waals surface area contributed by atoms with Crippen molar-refractivity contribution in [3.63, 3.8) is 0 Å². The lowest BCUT2D eigenvalue weighted by atomic mass is 10.1. The molecule has 0 aliphatic rings. The van der Waals surface area contributed by atoms with E-state index < -0.39 is 22.6 Å². The lowest BCUT2D eigenvalue weighted by Crippen LogP contribution is -2.32. The van der Waals surface area contributed by atoms with Gasteiger partial charge < -0.3 is 15.2 Å². The first kappa shape index (κ1) is 15.6. The quantitative estimate of drug-likeness (QED) is 0.368. The number of carboxylic acid groups (broad SMARTS) is 1. The average Bonchev–Trinajstić information content (AvgIpc) is 2.43. The largest absolute Gasteiger partial charge is 0.481 e. The highest BCUT2D eigenvalue weighted by molar-refractivity contribution is 5.96. The predicted molar refractivity (Wildman–Crippen MR) is 71.8 cm³/mol. The molecule has 1 aromatic carbocycles. The highest BCUT2D eigenvalue weighted by atomic mass is 16.7. The van der Waals surface area contributed by atoms with Crippen molar-refractivity contribution in [2.75, 3.05) is 12.3 Å². The van der Waals surface area contributed by atoms with E-state index in [-0.39, 0.29) is 6.42 Å². The number of nitrogens with zero attached hydrogens (tertiary/aromatic N) is 3. The summed E-state index contributed by atoms with van der Waals surface area (Å²) in [5.41, 5.74) is 0.453. The number of carbonyl (C=O) groups is 1. The number of hydrogen-bond donors (Lipinski definition) is 1. The molecule has 20 heavy (non-hydrogen) atoms. The van der Waals surface area contributed by atoms with Crippen LogP contribution in [0.5, 0.6) is 0 Å². The minimum atomic E-state index is -1.30. The molecule has 0 bridgehead atoms. The first-order chi connectivity index (χ1) is 9.51. The van der Waals surface area contributed by atoms with Gasteiger partial charge in [-0.3, -0.25) is 4.79 Å². The molecule has 0 aliphatic heterocycles. The van der Waals surface area contributed by atoms with E-state index in [1.165, 1.54) is 14.0 Å². The molecule has 1 aromatic rings. The number of hydrogen-bond acceptors (Lipinski definition) is 6. The third-order valence-electron chi connectivity index (χ3n) is 2.55. The van der Waals surface area contributed by atoms with Crippen molar-refractivity contribution in [2.45, 2.75) is 13.3 Å². The molecule has 0 spiro atoms. The number of aliphatic carboxylic acids is 1. The molecule has 8 heteroatoms. The topological polar surface area (TPSA) is 105 Å². The van der Waals surface area contributed by atoms with Crippen LogP contribution in [0.25, 0.3) is 0 Å². The lowest BCUT2D eigenvalue weighted by molar-refractivity contribution is -0.356. The third-order valence-corrected chi connectivity index (χ3v) is 2.55. The van der Waals surface area contributed by atoms with Crippen molar-refractivity contribution in [2.24, 2.45) is 11.0 Å². The summed E-state index contributed by atoms with van der Waals surface area (Å²) in [5.74, 6) is -3.27. The Hall–Kier alpha value is -2.48. The molecule has 0 aromatic heterocycles. The van der Waals surface area contributed by atoms with Crippen molar-refractivity contribution >= 4 is 17.5 Å². The summed E-state index contributed by atoms with van der Waals surface area (Å²) in [7, 11) is 1.29. The number of hydrazone groups is 1. The molecule has 108 valence electrons. The van der Waals surface area contributed by atoms with E-state index in [2.05, 4.69) is 5.10 Å². The second kappa shape index (κ2) is 7.19. The number of benzene rings is 1. The number of rotatable bonds is 6. The summed E-state index contributed by atoms with van der Waals surface area (Å²) in [6.07, 6.45) is 0.0570. The van der Waals surface area contributed by atoms with E-state index in [0.717, 1.165) is 5.17 Å². The van der Waals surface area contributed by atoms with Gasteiger partial charge in [0.2, 0.25) is 0 Å². The summed E-state index contributed by atoms with van der Waals surface area (Å²) in [6, 6.07) is 8.44. The van der Waals surface area contributed by atoms with Gasteiger partial charge in [0, 0.05) is 0 Å². The fraction of sp³-hybridized carbons (Fsp3) is 0.333. The van der Waals surface area contributed by atoms with Gasteiger partial charge in [-0.2, -0.15) is 0 Å². The standard InChI is InChI=1S/C12H15N3O5/c1-3-10(12(16)17)11(15(18)19)13-14(20-2)9-7-5-4-6-8-9/h4-8,10H,3H2,1-2H3,(H,16,17). The maximum absolute atomic E-state index is 11.0. The Morgan fingerprint density at radius 3 is 2.50 bits per heavy atom. The van der Waals surface area contributed by atoms with E-state index in [0.29, 0.717) is 5.69 Å². The SMILES string of the molecule is CCC(C(=O)O)C(=NN(OC)c1ccccc1)[N+](=O)[O-]. The Morgan fingerprint density at radius 1 is 1.50 bits per heavy atom. The summed E-state index contributed by atoms with van der Waals surface area (Å²) < 4.78 is 0. The number of nitro groups is 1. The number of anilines is 1. The number of carboxylic acids is 1. The molecular formula is C12H15N3O5. The minimum absolute atomic E-state index is 0.0570. The summed E-state index contributed by atoms with van der Waals surface area (Å²) in [6.45, 7) is 1.54.